The van der Waals surface area contributed by atoms with Gasteiger partial charge in [-0.3, -0.25) is 14.4 Å². The normalized spacial score (nSPS) is 12.9. The fourth-order valence-corrected chi connectivity index (χ4v) is 2.91. The van der Waals surface area contributed by atoms with Gasteiger partial charge in [-0.15, -0.1) is 0 Å². The van der Waals surface area contributed by atoms with Crippen LogP contribution in [0.15, 0.2) is 24.3 Å². The summed E-state index contributed by atoms with van der Waals surface area (Å²) in [6.07, 6.45) is 0.863. The van der Waals surface area contributed by atoms with Gasteiger partial charge >= 0.3 is 5.97 Å². The van der Waals surface area contributed by atoms with E-state index in [1.54, 1.807) is 12.1 Å². The minimum absolute atomic E-state index is 0.0796. The molecule has 0 aliphatic heterocycles. The molecular weight excluding hydrogens is 372 g/mol. The number of benzene rings is 1. The first-order valence-corrected chi connectivity index (χ1v) is 10.4. The first kappa shape index (κ1) is 22.6. The molecule has 0 aromatic heterocycles. The van der Waals surface area contributed by atoms with Crippen LogP contribution in [0.3, 0.4) is 0 Å². The molecule has 0 saturated heterocycles. The predicted octanol–water partition coefficient (Wildman–Crippen LogP) is 0.718. The molecule has 0 aliphatic carbocycles. The molecule has 3 N–H and O–H groups in total. The van der Waals surface area contributed by atoms with Crippen molar-refractivity contribution >= 4 is 27.6 Å². The van der Waals surface area contributed by atoms with Gasteiger partial charge in [-0.1, -0.05) is 32.9 Å². The standard InChI is InChI=1S/C18H26N2O6S/c1-18(2,3)13-7-5-12(6-8-13)16(23)20-14(9-10-27(4,25)26)17(24)19-11-15(21)22/h5-8,14H,9-11H2,1-4H3,(H,19,24)(H,20,23)(H,21,22). The van der Waals surface area contributed by atoms with Gasteiger partial charge in [0.1, 0.15) is 22.4 Å². The molecule has 27 heavy (non-hydrogen) atoms. The Morgan fingerprint density at radius 1 is 1.11 bits per heavy atom. The molecule has 1 unspecified atom stereocenters. The molecule has 0 fully saturated rings. The van der Waals surface area contributed by atoms with Crippen molar-refractivity contribution in [2.75, 3.05) is 18.6 Å². The van der Waals surface area contributed by atoms with Gasteiger partial charge in [0.25, 0.3) is 5.91 Å². The highest BCUT2D eigenvalue weighted by Gasteiger charge is 2.23. The fourth-order valence-electron chi connectivity index (χ4n) is 2.25. The zero-order valence-corrected chi connectivity index (χ0v) is 16.7. The molecule has 1 aromatic rings. The third-order valence-electron chi connectivity index (χ3n) is 3.83. The van der Waals surface area contributed by atoms with Crippen LogP contribution in [0.2, 0.25) is 0 Å². The average Bonchev–Trinajstić information content (AvgIpc) is 2.54. The van der Waals surface area contributed by atoms with Gasteiger partial charge in [0, 0.05) is 11.8 Å². The molecule has 1 atom stereocenters. The fraction of sp³-hybridized carbons (Fsp3) is 0.500. The predicted molar refractivity (Wildman–Crippen MR) is 101 cm³/mol. The molecule has 2 amide bonds. The number of carboxylic acids is 1. The largest absolute Gasteiger partial charge is 0.480 e. The van der Waals surface area contributed by atoms with E-state index in [1.807, 2.05) is 32.9 Å². The minimum Gasteiger partial charge on any atom is -0.480 e. The van der Waals surface area contributed by atoms with Crippen LogP contribution >= 0.6 is 0 Å². The number of nitrogens with one attached hydrogen (secondary N) is 2. The second-order valence-corrected chi connectivity index (χ2v) is 9.64. The summed E-state index contributed by atoms with van der Waals surface area (Å²) in [5.41, 5.74) is 1.27. The summed E-state index contributed by atoms with van der Waals surface area (Å²) >= 11 is 0. The quantitative estimate of drug-likeness (QED) is 0.592. The summed E-state index contributed by atoms with van der Waals surface area (Å²) < 4.78 is 22.7. The maximum atomic E-state index is 12.4. The van der Waals surface area contributed by atoms with Crippen LogP contribution in [0.1, 0.15) is 43.1 Å². The molecule has 0 saturated carbocycles. The van der Waals surface area contributed by atoms with Gasteiger partial charge < -0.3 is 15.7 Å². The number of hydrogen-bond donors (Lipinski definition) is 3. The summed E-state index contributed by atoms with van der Waals surface area (Å²) in [6.45, 7) is 5.49. The van der Waals surface area contributed by atoms with Crippen LogP contribution in [0.4, 0.5) is 0 Å². The number of aliphatic carboxylic acids is 1. The molecule has 0 bridgehead atoms. The minimum atomic E-state index is -3.35. The molecule has 8 nitrogen and oxygen atoms in total. The number of amides is 2. The Balaban J connectivity index is 2.90. The van der Waals surface area contributed by atoms with Crippen molar-refractivity contribution in [2.24, 2.45) is 0 Å². The van der Waals surface area contributed by atoms with Gasteiger partial charge in [0.05, 0.1) is 5.75 Å². The van der Waals surface area contributed by atoms with E-state index in [2.05, 4.69) is 10.6 Å². The first-order chi connectivity index (χ1) is 12.3. The third kappa shape index (κ3) is 8.21. The van der Waals surface area contributed by atoms with E-state index in [1.165, 1.54) is 0 Å². The summed E-state index contributed by atoms with van der Waals surface area (Å²) in [6, 6.07) is 5.71. The number of carbonyl (C=O) groups is 3. The van der Waals surface area contributed by atoms with Crippen LogP contribution in [0.25, 0.3) is 0 Å². The number of carboxylic acid groups (broad SMARTS) is 1. The van der Waals surface area contributed by atoms with Crippen molar-refractivity contribution in [2.45, 2.75) is 38.6 Å². The van der Waals surface area contributed by atoms with E-state index in [0.29, 0.717) is 5.56 Å². The van der Waals surface area contributed by atoms with Gasteiger partial charge in [-0.05, 0) is 29.5 Å². The average molecular weight is 398 g/mol. The Labute approximate surface area is 159 Å². The van der Waals surface area contributed by atoms with Gasteiger partial charge in [0.15, 0.2) is 0 Å². The van der Waals surface area contributed by atoms with Crippen molar-refractivity contribution in [3.63, 3.8) is 0 Å². The zero-order chi connectivity index (χ0) is 20.8. The summed E-state index contributed by atoms with van der Waals surface area (Å²) in [7, 11) is -3.35. The maximum Gasteiger partial charge on any atom is 0.322 e. The lowest BCUT2D eigenvalue weighted by Gasteiger charge is -2.20. The first-order valence-electron chi connectivity index (χ1n) is 8.38. The number of rotatable bonds is 8. The monoisotopic (exact) mass is 398 g/mol. The van der Waals surface area contributed by atoms with Crippen LogP contribution in [-0.2, 0) is 24.8 Å². The smallest absolute Gasteiger partial charge is 0.322 e. The lowest BCUT2D eigenvalue weighted by atomic mass is 9.86. The van der Waals surface area contributed by atoms with Crippen LogP contribution in [0, 0.1) is 0 Å². The Hall–Kier alpha value is -2.42. The van der Waals surface area contributed by atoms with Gasteiger partial charge in [-0.2, -0.15) is 0 Å². The number of carbonyl (C=O) groups excluding carboxylic acids is 2. The second kappa shape index (κ2) is 8.98. The van der Waals surface area contributed by atoms with E-state index >= 15 is 0 Å². The van der Waals surface area contributed by atoms with E-state index < -0.39 is 40.2 Å². The van der Waals surface area contributed by atoms with Crippen molar-refractivity contribution in [1.82, 2.24) is 10.6 Å². The summed E-state index contributed by atoms with van der Waals surface area (Å²) in [4.78, 5) is 35.2. The SMILES string of the molecule is CC(C)(C)c1ccc(C(=O)NC(CCS(C)(=O)=O)C(=O)NCC(=O)O)cc1. The highest BCUT2D eigenvalue weighted by Crippen LogP contribution is 2.22. The molecule has 0 spiro atoms. The Morgan fingerprint density at radius 2 is 1.67 bits per heavy atom. The molecule has 9 heteroatoms. The van der Waals surface area contributed by atoms with Crippen molar-refractivity contribution in [1.29, 1.82) is 0 Å². The molecule has 1 rings (SSSR count). The second-order valence-electron chi connectivity index (χ2n) is 7.38. The summed E-state index contributed by atoms with van der Waals surface area (Å²) in [5, 5.41) is 13.3. The van der Waals surface area contributed by atoms with Crippen LogP contribution < -0.4 is 10.6 Å². The Kier molecular flexibility index (Phi) is 7.53. The zero-order valence-electron chi connectivity index (χ0n) is 15.9. The molecule has 0 heterocycles. The topological polar surface area (TPSA) is 130 Å². The summed E-state index contributed by atoms with van der Waals surface area (Å²) in [5.74, 6) is -2.85. The van der Waals surface area contributed by atoms with E-state index in [4.69, 9.17) is 5.11 Å². The molecular formula is C18H26N2O6S. The van der Waals surface area contributed by atoms with E-state index in [0.717, 1.165) is 11.8 Å². The highest BCUT2D eigenvalue weighted by atomic mass is 32.2. The highest BCUT2D eigenvalue weighted by molar-refractivity contribution is 7.90. The Bertz CT molecular complexity index is 794. The van der Waals surface area contributed by atoms with Crippen LogP contribution in [-0.4, -0.2) is 55.9 Å². The van der Waals surface area contributed by atoms with E-state index in [-0.39, 0.29) is 17.6 Å². The van der Waals surface area contributed by atoms with Gasteiger partial charge in [0.2, 0.25) is 5.91 Å². The molecule has 0 radical (unpaired) electrons. The van der Waals surface area contributed by atoms with Crippen molar-refractivity contribution in [3.8, 4) is 0 Å². The van der Waals surface area contributed by atoms with Gasteiger partial charge in [-0.25, -0.2) is 8.42 Å². The molecule has 0 aliphatic rings. The lowest BCUT2D eigenvalue weighted by Crippen LogP contribution is -2.48. The molecule has 1 aromatic carbocycles. The van der Waals surface area contributed by atoms with Crippen molar-refractivity contribution < 1.29 is 27.9 Å². The number of hydrogen-bond acceptors (Lipinski definition) is 5. The van der Waals surface area contributed by atoms with E-state index in [9.17, 15) is 22.8 Å². The lowest BCUT2D eigenvalue weighted by molar-refractivity contribution is -0.138. The molecule has 150 valence electrons. The van der Waals surface area contributed by atoms with Crippen LogP contribution in [0.5, 0.6) is 0 Å². The number of sulfone groups is 1. The van der Waals surface area contributed by atoms with Crippen molar-refractivity contribution in [3.05, 3.63) is 35.4 Å². The maximum absolute atomic E-state index is 12.4. The Morgan fingerprint density at radius 3 is 2.11 bits per heavy atom. The third-order valence-corrected chi connectivity index (χ3v) is 4.80.